The minimum atomic E-state index is -0.749. The zero-order valence-electron chi connectivity index (χ0n) is 34.3. The third-order valence-corrected chi connectivity index (χ3v) is 7.76. The molecule has 1 aliphatic rings. The molecule has 3 N–H and O–H groups in total. The van der Waals surface area contributed by atoms with Crippen molar-refractivity contribution in [1.82, 2.24) is 24.5 Å². The van der Waals surface area contributed by atoms with Crippen molar-refractivity contribution in [1.29, 1.82) is 0 Å². The topological polar surface area (TPSA) is 174 Å². The molecule has 1 heterocycles. The summed E-state index contributed by atoms with van der Waals surface area (Å²) in [5, 5.41) is 29.5. The second-order valence-corrected chi connectivity index (χ2v) is 16.5. The van der Waals surface area contributed by atoms with Gasteiger partial charge in [-0.05, 0) is 62.3 Å². The summed E-state index contributed by atoms with van der Waals surface area (Å²) >= 11 is 0. The molecule has 0 aliphatic carbocycles. The lowest BCUT2D eigenvalue weighted by molar-refractivity contribution is -0.158. The van der Waals surface area contributed by atoms with Crippen molar-refractivity contribution in [3.8, 4) is 0 Å². The van der Waals surface area contributed by atoms with Gasteiger partial charge in [-0.15, -0.1) is 0 Å². The second kappa shape index (κ2) is 25.2. The largest absolute Gasteiger partial charge is 0.459 e. The fourth-order valence-corrected chi connectivity index (χ4v) is 5.57. The number of aliphatic hydroxyl groups excluding tert-OH is 3. The zero-order valence-corrected chi connectivity index (χ0v) is 34.3. The van der Waals surface area contributed by atoms with E-state index in [0.29, 0.717) is 91.8 Å². The molecule has 0 bridgehead atoms. The van der Waals surface area contributed by atoms with Gasteiger partial charge in [0.05, 0.1) is 65.4 Å². The number of esters is 3. The van der Waals surface area contributed by atoms with Crippen LogP contribution in [-0.4, -0.2) is 218 Å². The Balaban J connectivity index is 3.26. The van der Waals surface area contributed by atoms with E-state index in [4.69, 9.17) is 33.9 Å². The highest BCUT2D eigenvalue weighted by Gasteiger charge is 2.26. The number of carbonyl (C=O) groups excluding carboxylic acids is 3. The average molecular weight is 764 g/mol. The van der Waals surface area contributed by atoms with E-state index in [-0.39, 0.29) is 64.0 Å². The van der Waals surface area contributed by atoms with E-state index in [1.165, 1.54) is 0 Å². The summed E-state index contributed by atoms with van der Waals surface area (Å²) in [4.78, 5) is 49.1. The van der Waals surface area contributed by atoms with Crippen molar-refractivity contribution < 1.29 is 53.4 Å². The van der Waals surface area contributed by atoms with E-state index in [0.717, 1.165) is 0 Å². The number of hydrogen-bond donors (Lipinski definition) is 3. The Morgan fingerprint density at radius 2 is 0.849 bits per heavy atom. The molecule has 1 saturated heterocycles. The number of β-amino-alcohol motifs (C(OH)–C–C–N with tert-alkyl or cyclic N) is 1. The summed E-state index contributed by atoms with van der Waals surface area (Å²) < 4.78 is 27.9. The van der Waals surface area contributed by atoms with E-state index in [2.05, 4.69) is 4.90 Å². The molecule has 1 unspecified atom stereocenters. The maximum Gasteiger partial charge on any atom is 0.320 e. The molecular weight excluding hydrogens is 690 g/mol. The summed E-state index contributed by atoms with van der Waals surface area (Å²) in [6.07, 6.45) is -0.749. The Morgan fingerprint density at radius 3 is 1.13 bits per heavy atom. The van der Waals surface area contributed by atoms with Crippen LogP contribution < -0.4 is 0 Å². The predicted octanol–water partition coefficient (Wildman–Crippen LogP) is -0.0862. The zero-order chi connectivity index (χ0) is 40.1. The molecular formula is C37H73N5O11. The molecule has 0 aromatic heterocycles. The van der Waals surface area contributed by atoms with Gasteiger partial charge in [0.2, 0.25) is 0 Å². The van der Waals surface area contributed by atoms with Crippen LogP contribution >= 0.6 is 0 Å². The molecule has 0 spiro atoms. The van der Waals surface area contributed by atoms with Gasteiger partial charge in [0.15, 0.2) is 0 Å². The SMILES string of the molecule is CC(C)(C)OC(=O)CN1CCN(CC(=O)OC(C)(C)C)CCN(CC(O)CN(CCOCCO)CCOCCO)CCN(CC(=O)OC(C)(C)C)CC1. The molecule has 16 heteroatoms. The third-order valence-electron chi connectivity index (χ3n) is 7.76. The molecule has 1 atom stereocenters. The van der Waals surface area contributed by atoms with Gasteiger partial charge in [0, 0.05) is 78.5 Å². The van der Waals surface area contributed by atoms with E-state index in [1.807, 2.05) is 81.9 Å². The van der Waals surface area contributed by atoms with Crippen molar-refractivity contribution in [3.63, 3.8) is 0 Å². The molecule has 1 rings (SSSR count). The molecule has 0 amide bonds. The highest BCUT2D eigenvalue weighted by atomic mass is 16.6. The average Bonchev–Trinajstić information content (AvgIpc) is 2.99. The van der Waals surface area contributed by atoms with Crippen molar-refractivity contribution >= 4 is 17.9 Å². The van der Waals surface area contributed by atoms with E-state index in [1.54, 1.807) is 0 Å². The number of ether oxygens (including phenoxy) is 5. The van der Waals surface area contributed by atoms with E-state index in [9.17, 15) is 19.5 Å². The summed E-state index contributed by atoms with van der Waals surface area (Å²) in [5.74, 6) is -1.04. The van der Waals surface area contributed by atoms with Crippen molar-refractivity contribution in [2.45, 2.75) is 85.2 Å². The van der Waals surface area contributed by atoms with Crippen LogP contribution in [0.2, 0.25) is 0 Å². The van der Waals surface area contributed by atoms with Gasteiger partial charge in [0.1, 0.15) is 16.8 Å². The van der Waals surface area contributed by atoms with E-state index >= 15 is 0 Å². The van der Waals surface area contributed by atoms with Gasteiger partial charge in [-0.25, -0.2) is 0 Å². The fourth-order valence-electron chi connectivity index (χ4n) is 5.57. The lowest BCUT2D eigenvalue weighted by Gasteiger charge is -2.35. The highest BCUT2D eigenvalue weighted by molar-refractivity contribution is 5.73. The molecule has 0 radical (unpaired) electrons. The van der Waals surface area contributed by atoms with Crippen molar-refractivity contribution in [2.24, 2.45) is 0 Å². The number of nitrogens with zero attached hydrogens (tertiary/aromatic N) is 5. The number of hydrogen-bond acceptors (Lipinski definition) is 16. The first-order valence-corrected chi connectivity index (χ1v) is 19.0. The first kappa shape index (κ1) is 49.0. The monoisotopic (exact) mass is 764 g/mol. The molecule has 0 saturated carbocycles. The standard InChI is InChI=1S/C37H73N5O11/c1-35(2,3)51-32(46)28-39-12-10-38(26-31(45)27-42(18-22-49-24-20-43)19-23-50-25-21-44)11-13-40(29-33(47)52-36(4,5)6)15-17-41(16-14-39)30-34(48)53-37(7,8)9/h31,43-45H,10-30H2,1-9H3. The van der Waals surface area contributed by atoms with Gasteiger partial charge >= 0.3 is 17.9 Å². The van der Waals surface area contributed by atoms with Crippen molar-refractivity contribution in [3.05, 3.63) is 0 Å². The molecule has 16 nitrogen and oxygen atoms in total. The molecule has 1 aliphatic heterocycles. The summed E-state index contributed by atoms with van der Waals surface area (Å²) in [7, 11) is 0. The van der Waals surface area contributed by atoms with Crippen LogP contribution in [0.5, 0.6) is 0 Å². The normalized spacial score (nSPS) is 17.6. The van der Waals surface area contributed by atoms with Crippen LogP contribution in [-0.2, 0) is 38.1 Å². The number of rotatable bonds is 20. The number of carbonyl (C=O) groups is 3. The molecule has 312 valence electrons. The van der Waals surface area contributed by atoms with Gasteiger partial charge in [-0.3, -0.25) is 38.9 Å². The quantitative estimate of drug-likeness (QED) is 0.0853. The number of aliphatic hydroxyl groups is 3. The second-order valence-electron chi connectivity index (χ2n) is 16.5. The smallest absolute Gasteiger partial charge is 0.320 e. The third kappa shape index (κ3) is 27.3. The lowest BCUT2D eigenvalue weighted by atomic mass is 10.2. The van der Waals surface area contributed by atoms with Crippen LogP contribution in [0.3, 0.4) is 0 Å². The maximum absolute atomic E-state index is 13.0. The van der Waals surface area contributed by atoms with Gasteiger partial charge in [-0.1, -0.05) is 0 Å². The molecule has 0 aromatic carbocycles. The van der Waals surface area contributed by atoms with Gasteiger partial charge in [0.25, 0.3) is 0 Å². The van der Waals surface area contributed by atoms with Crippen LogP contribution in [0.1, 0.15) is 62.3 Å². The Morgan fingerprint density at radius 1 is 0.547 bits per heavy atom. The van der Waals surface area contributed by atoms with Crippen LogP contribution in [0.4, 0.5) is 0 Å². The Hall–Kier alpha value is -1.99. The minimum absolute atomic E-state index is 0.0583. The van der Waals surface area contributed by atoms with Gasteiger partial charge < -0.3 is 39.0 Å². The van der Waals surface area contributed by atoms with Crippen LogP contribution in [0, 0.1) is 0 Å². The Labute approximate surface area is 318 Å². The van der Waals surface area contributed by atoms with Crippen molar-refractivity contribution in [2.75, 3.05) is 138 Å². The molecule has 1 fully saturated rings. The Bertz CT molecular complexity index is 974. The first-order chi connectivity index (χ1) is 24.7. The minimum Gasteiger partial charge on any atom is -0.459 e. The first-order valence-electron chi connectivity index (χ1n) is 19.0. The molecule has 0 aromatic rings. The van der Waals surface area contributed by atoms with Crippen LogP contribution in [0.25, 0.3) is 0 Å². The predicted molar refractivity (Wildman–Crippen MR) is 202 cm³/mol. The summed E-state index contributed by atoms with van der Waals surface area (Å²) in [6, 6.07) is 0. The Kier molecular flexibility index (Phi) is 23.3. The summed E-state index contributed by atoms with van der Waals surface area (Å²) in [6.45, 7) is 23.3. The maximum atomic E-state index is 13.0. The fraction of sp³-hybridized carbons (Fsp3) is 0.919. The molecule has 53 heavy (non-hydrogen) atoms. The van der Waals surface area contributed by atoms with E-state index < -0.39 is 22.9 Å². The lowest BCUT2D eigenvalue weighted by Crippen LogP contribution is -2.51. The summed E-state index contributed by atoms with van der Waals surface area (Å²) in [5.41, 5.74) is -1.92. The highest BCUT2D eigenvalue weighted by Crippen LogP contribution is 2.12. The van der Waals surface area contributed by atoms with Gasteiger partial charge in [-0.2, -0.15) is 0 Å². The van der Waals surface area contributed by atoms with Crippen LogP contribution in [0.15, 0.2) is 0 Å².